The van der Waals surface area contributed by atoms with Crippen LogP contribution in [0.1, 0.15) is 62.4 Å². The predicted molar refractivity (Wildman–Crippen MR) is 169 cm³/mol. The average molecular weight is 597 g/mol. The molecule has 0 unspecified atom stereocenters. The molecule has 44 heavy (non-hydrogen) atoms. The largest absolute Gasteiger partial charge is 0.507 e. The normalized spacial score (nSPS) is 18.2. The Morgan fingerprint density at radius 3 is 2.57 bits per heavy atom. The van der Waals surface area contributed by atoms with Crippen molar-refractivity contribution in [2.45, 2.75) is 71.9 Å². The zero-order valence-electron chi connectivity index (χ0n) is 25.8. The summed E-state index contributed by atoms with van der Waals surface area (Å²) in [4.78, 5) is 45.2. The van der Waals surface area contributed by atoms with Crippen molar-refractivity contribution in [2.75, 3.05) is 18.0 Å². The Morgan fingerprint density at radius 1 is 1.11 bits per heavy atom. The maximum absolute atomic E-state index is 15.4. The van der Waals surface area contributed by atoms with Gasteiger partial charge >= 0.3 is 5.69 Å². The van der Waals surface area contributed by atoms with Crippen LogP contribution in [0, 0.1) is 12.7 Å². The van der Waals surface area contributed by atoms with Gasteiger partial charge in [0.2, 0.25) is 5.91 Å². The van der Waals surface area contributed by atoms with Crippen LogP contribution in [0.15, 0.2) is 47.9 Å². The van der Waals surface area contributed by atoms with E-state index in [2.05, 4.69) is 16.5 Å². The first kappa shape index (κ1) is 29.5. The van der Waals surface area contributed by atoms with Crippen molar-refractivity contribution < 1.29 is 14.3 Å². The van der Waals surface area contributed by atoms with Crippen molar-refractivity contribution in [1.82, 2.24) is 24.4 Å². The van der Waals surface area contributed by atoms with Crippen molar-refractivity contribution in [3.05, 3.63) is 81.8 Å². The van der Waals surface area contributed by atoms with Gasteiger partial charge in [-0.1, -0.05) is 26.5 Å². The number of carbonyl (C=O) groups is 1. The van der Waals surface area contributed by atoms with E-state index >= 15 is 4.39 Å². The Labute approximate surface area is 255 Å². The Morgan fingerprint density at radius 2 is 1.86 bits per heavy atom. The fraction of sp³-hybridized carbons (Fsp3) is 0.382. The third-order valence-corrected chi connectivity index (χ3v) is 8.94. The third kappa shape index (κ3) is 4.63. The second-order valence-corrected chi connectivity index (χ2v) is 12.2. The van der Waals surface area contributed by atoms with Crippen molar-refractivity contribution in [1.29, 1.82) is 0 Å². The molecule has 10 heteroatoms. The fourth-order valence-corrected chi connectivity index (χ4v) is 6.82. The van der Waals surface area contributed by atoms with Crippen LogP contribution >= 0.6 is 0 Å². The van der Waals surface area contributed by atoms with E-state index in [4.69, 9.17) is 9.97 Å². The van der Waals surface area contributed by atoms with Gasteiger partial charge in [0, 0.05) is 31.4 Å². The number of hydrogen-bond donors (Lipinski definition) is 1. The topological polar surface area (TPSA) is 104 Å². The highest BCUT2D eigenvalue weighted by atomic mass is 19.1. The van der Waals surface area contributed by atoms with Crippen molar-refractivity contribution in [2.24, 2.45) is 0 Å². The highest BCUT2D eigenvalue weighted by molar-refractivity contribution is 5.96. The van der Waals surface area contributed by atoms with E-state index in [0.29, 0.717) is 48.8 Å². The van der Waals surface area contributed by atoms with Crippen molar-refractivity contribution in [3.63, 3.8) is 0 Å². The molecule has 1 saturated heterocycles. The average Bonchev–Trinajstić information content (AvgIpc) is 3.48. The van der Waals surface area contributed by atoms with Gasteiger partial charge in [0.05, 0.1) is 28.0 Å². The van der Waals surface area contributed by atoms with E-state index in [1.54, 1.807) is 11.1 Å². The number of halogens is 1. The molecule has 228 valence electrons. The summed E-state index contributed by atoms with van der Waals surface area (Å²) in [6.45, 7) is 14.5. The quantitative estimate of drug-likeness (QED) is 0.315. The number of rotatable bonds is 5. The van der Waals surface area contributed by atoms with Crippen LogP contribution in [0.25, 0.3) is 28.0 Å². The molecule has 0 saturated carbocycles. The van der Waals surface area contributed by atoms with Crippen LogP contribution in [-0.4, -0.2) is 60.6 Å². The van der Waals surface area contributed by atoms with E-state index < -0.39 is 11.5 Å². The van der Waals surface area contributed by atoms with Gasteiger partial charge in [0.1, 0.15) is 17.4 Å². The molecule has 1 N–H and O–H groups in total. The lowest BCUT2D eigenvalue weighted by molar-refractivity contribution is -0.128. The zero-order chi connectivity index (χ0) is 31.4. The molecule has 4 heterocycles. The van der Waals surface area contributed by atoms with Gasteiger partial charge in [0.25, 0.3) is 0 Å². The van der Waals surface area contributed by atoms with Gasteiger partial charge in [-0.25, -0.2) is 18.7 Å². The number of aryl methyl sites for hydroxylation is 2. The van der Waals surface area contributed by atoms with Gasteiger partial charge in [0.15, 0.2) is 5.65 Å². The summed E-state index contributed by atoms with van der Waals surface area (Å²) in [7, 11) is 0. The summed E-state index contributed by atoms with van der Waals surface area (Å²) in [5.41, 5.74) is 4.13. The second-order valence-electron chi connectivity index (χ2n) is 12.2. The lowest BCUT2D eigenvalue weighted by Crippen LogP contribution is -2.58. The molecule has 1 amide bonds. The summed E-state index contributed by atoms with van der Waals surface area (Å²) in [6.07, 6.45) is 5.20. The maximum atomic E-state index is 15.4. The van der Waals surface area contributed by atoms with Crippen LogP contribution in [-0.2, 0) is 17.6 Å². The van der Waals surface area contributed by atoms with Gasteiger partial charge in [-0.3, -0.25) is 9.78 Å². The molecule has 0 radical (unpaired) electrons. The molecule has 0 spiro atoms. The highest BCUT2D eigenvalue weighted by Crippen LogP contribution is 2.43. The third-order valence-electron chi connectivity index (χ3n) is 8.94. The van der Waals surface area contributed by atoms with E-state index in [1.165, 1.54) is 28.8 Å². The Bertz CT molecular complexity index is 1860. The maximum Gasteiger partial charge on any atom is 0.355 e. The molecule has 3 aromatic heterocycles. The molecule has 1 fully saturated rings. The number of phenolic OH excluding ortho intramolecular Hbond substituents is 1. The minimum atomic E-state index is -0.583. The van der Waals surface area contributed by atoms with Gasteiger partial charge in [-0.2, -0.15) is 4.98 Å². The van der Waals surface area contributed by atoms with Crippen LogP contribution in [0.4, 0.5) is 10.2 Å². The van der Waals surface area contributed by atoms with Crippen molar-refractivity contribution in [3.8, 4) is 22.7 Å². The number of hydrogen-bond acceptors (Lipinski definition) is 7. The number of piperazine rings is 1. The van der Waals surface area contributed by atoms with E-state index in [9.17, 15) is 14.7 Å². The summed E-state index contributed by atoms with van der Waals surface area (Å²) < 4.78 is 16.9. The minimum Gasteiger partial charge on any atom is -0.507 e. The summed E-state index contributed by atoms with van der Waals surface area (Å²) in [5, 5.41) is 11.6. The van der Waals surface area contributed by atoms with E-state index in [0.717, 1.165) is 34.2 Å². The number of carbonyl (C=O) groups excluding carboxylic acids is 1. The van der Waals surface area contributed by atoms with Crippen LogP contribution < -0.4 is 10.6 Å². The number of phenols is 1. The summed E-state index contributed by atoms with van der Waals surface area (Å²) in [5.74, 6) is -0.427. The summed E-state index contributed by atoms with van der Waals surface area (Å²) >= 11 is 0. The van der Waals surface area contributed by atoms with Crippen LogP contribution in [0.5, 0.6) is 5.75 Å². The molecule has 1 aliphatic heterocycles. The molecule has 9 nitrogen and oxygen atoms in total. The van der Waals surface area contributed by atoms with Gasteiger partial charge in [-0.15, -0.1) is 0 Å². The van der Waals surface area contributed by atoms with Crippen molar-refractivity contribution >= 4 is 22.8 Å². The zero-order valence-corrected chi connectivity index (χ0v) is 25.8. The minimum absolute atomic E-state index is 0.00705. The second kappa shape index (κ2) is 11.2. The number of pyridine rings is 2. The van der Waals surface area contributed by atoms with Crippen LogP contribution in [0.3, 0.4) is 0 Å². The lowest BCUT2D eigenvalue weighted by Gasteiger charge is -2.44. The number of benzene rings is 1. The first-order valence-electron chi connectivity index (χ1n) is 15.1. The monoisotopic (exact) mass is 596 g/mol. The molecule has 6 rings (SSSR count). The first-order chi connectivity index (χ1) is 21.0. The Kier molecular flexibility index (Phi) is 7.47. The standard InChI is InChI=1S/C34H37FN6O3/c1-7-26(43)39-16-21(6)40(17-20(39)5)32-27-22-10-8-11-23(22)30(28-24(35)12-9-13-25(28)42)37-33(27)41(34(44)38-32)31-19(4)14-15-36-29(31)18(2)3/h7,9,12-15,18,20-21,42H,1,8,10-11,16-17H2,2-6H3/t20-,21+/m1/s1. The number of anilines is 1. The molecular formula is C34H37FN6O3. The Hall–Kier alpha value is -4.60. The molecule has 2 aliphatic rings. The fourth-order valence-electron chi connectivity index (χ4n) is 6.82. The lowest BCUT2D eigenvalue weighted by atomic mass is 9.98. The number of fused-ring (bicyclic) bond motifs is 3. The summed E-state index contributed by atoms with van der Waals surface area (Å²) in [6, 6.07) is 5.76. The molecule has 2 atom stereocenters. The molecule has 1 aromatic carbocycles. The van der Waals surface area contributed by atoms with E-state index in [1.807, 2.05) is 40.7 Å². The number of nitrogens with zero attached hydrogens (tertiary/aromatic N) is 6. The molecule has 4 aromatic rings. The Balaban J connectivity index is 1.72. The van der Waals surface area contributed by atoms with Gasteiger partial charge < -0.3 is 14.9 Å². The smallest absolute Gasteiger partial charge is 0.355 e. The van der Waals surface area contributed by atoms with Crippen LogP contribution in [0.2, 0.25) is 0 Å². The highest BCUT2D eigenvalue weighted by Gasteiger charge is 2.36. The SMILES string of the molecule is C=CC(=O)N1C[C@H](C)N(c2nc(=O)n(-c3c(C)ccnc3C(C)C)c3nc(-c4c(O)cccc4F)c4c(c23)CCC4)C[C@H]1C. The molecule has 1 aliphatic carbocycles. The number of aromatic hydroxyl groups is 1. The molecule has 0 bridgehead atoms. The predicted octanol–water partition coefficient (Wildman–Crippen LogP) is 5.22. The van der Waals surface area contributed by atoms with E-state index in [-0.39, 0.29) is 35.2 Å². The first-order valence-corrected chi connectivity index (χ1v) is 15.1. The number of amides is 1. The number of aromatic nitrogens is 4. The van der Waals surface area contributed by atoms with Gasteiger partial charge in [-0.05, 0) is 86.9 Å². The molecular weight excluding hydrogens is 559 g/mol.